The van der Waals surface area contributed by atoms with Crippen molar-refractivity contribution in [3.05, 3.63) is 89.0 Å². The number of hydrogen-bond acceptors (Lipinski definition) is 7. The van der Waals surface area contributed by atoms with Crippen LogP contribution in [0.1, 0.15) is 0 Å². The Morgan fingerprint density at radius 1 is 0.914 bits per heavy atom. The molecule has 0 atom stereocenters. The molecule has 0 saturated heterocycles. The molecule has 0 heterocycles. The van der Waals surface area contributed by atoms with Crippen molar-refractivity contribution in [1.29, 1.82) is 0 Å². The maximum absolute atomic E-state index is 13.5. The summed E-state index contributed by atoms with van der Waals surface area (Å²) in [5.41, 5.74) is 0.0357. The zero-order valence-electron chi connectivity index (χ0n) is 18.7. The van der Waals surface area contributed by atoms with Gasteiger partial charge in [-0.15, -0.1) is 0 Å². The molecule has 0 aromatic heterocycles. The van der Waals surface area contributed by atoms with Crippen molar-refractivity contribution in [2.24, 2.45) is 0 Å². The van der Waals surface area contributed by atoms with Gasteiger partial charge in [0.05, 0.1) is 22.6 Å². The highest BCUT2D eigenvalue weighted by atomic mass is 32.2. The van der Waals surface area contributed by atoms with Crippen LogP contribution in [-0.2, 0) is 24.8 Å². The molecular weight excluding hydrogens is 496 g/mol. The van der Waals surface area contributed by atoms with Crippen LogP contribution in [0.15, 0.2) is 83.8 Å². The van der Waals surface area contributed by atoms with Crippen molar-refractivity contribution in [2.75, 3.05) is 33.8 Å². The zero-order valence-corrected chi connectivity index (χ0v) is 20.4. The topological polar surface area (TPSA) is 147 Å². The highest BCUT2D eigenvalue weighted by Gasteiger charge is 2.33. The minimum atomic E-state index is -4.51. The fraction of sp³-hybridized carbons (Fsp3) is 0.136. The molecule has 0 aliphatic rings. The normalized spacial score (nSPS) is 11.5. The van der Waals surface area contributed by atoms with E-state index in [1.807, 2.05) is 0 Å². The summed E-state index contributed by atoms with van der Waals surface area (Å²) < 4.78 is 52.3. The molecule has 3 aromatic carbocycles. The molecule has 3 rings (SSSR count). The van der Waals surface area contributed by atoms with Gasteiger partial charge in [0.15, 0.2) is 4.90 Å². The van der Waals surface area contributed by atoms with E-state index in [1.54, 1.807) is 18.2 Å². The number of nitrogens with one attached hydrogen (secondary N) is 1. The maximum Gasteiger partial charge on any atom is 0.289 e. The van der Waals surface area contributed by atoms with Gasteiger partial charge in [-0.2, -0.15) is 0 Å². The van der Waals surface area contributed by atoms with Gasteiger partial charge in [-0.1, -0.05) is 36.4 Å². The summed E-state index contributed by atoms with van der Waals surface area (Å²) in [7, 11) is -6.70. The molecule has 13 heteroatoms. The summed E-state index contributed by atoms with van der Waals surface area (Å²) in [5, 5.41) is 14.0. The number of anilines is 3. The summed E-state index contributed by atoms with van der Waals surface area (Å²) in [6, 6.07) is 18.6. The molecule has 0 spiro atoms. The molecule has 0 bridgehead atoms. The Morgan fingerprint density at radius 3 is 2.14 bits per heavy atom. The Hall–Kier alpha value is -3.97. The largest absolute Gasteiger partial charge is 0.324 e. The van der Waals surface area contributed by atoms with Crippen molar-refractivity contribution < 1.29 is 26.6 Å². The van der Waals surface area contributed by atoms with E-state index in [4.69, 9.17) is 0 Å². The number of para-hydroxylation sites is 2. The van der Waals surface area contributed by atoms with Crippen LogP contribution in [0.2, 0.25) is 0 Å². The van der Waals surface area contributed by atoms with E-state index < -0.39 is 48.0 Å². The first-order chi connectivity index (χ1) is 16.4. The van der Waals surface area contributed by atoms with Crippen molar-refractivity contribution in [1.82, 2.24) is 0 Å². The first kappa shape index (κ1) is 25.6. The van der Waals surface area contributed by atoms with Crippen LogP contribution in [0.3, 0.4) is 0 Å². The molecule has 35 heavy (non-hydrogen) atoms. The number of hydrogen-bond donors (Lipinski definition) is 1. The third kappa shape index (κ3) is 5.94. The second-order valence-corrected chi connectivity index (χ2v) is 11.2. The van der Waals surface area contributed by atoms with Crippen LogP contribution in [0.5, 0.6) is 0 Å². The Labute approximate surface area is 202 Å². The molecule has 184 valence electrons. The smallest absolute Gasteiger partial charge is 0.289 e. The molecule has 0 saturated carbocycles. The van der Waals surface area contributed by atoms with Gasteiger partial charge >= 0.3 is 0 Å². The lowest BCUT2D eigenvalue weighted by atomic mass is 10.2. The lowest BCUT2D eigenvalue weighted by Gasteiger charge is -2.24. The zero-order chi connectivity index (χ0) is 25.8. The van der Waals surface area contributed by atoms with Gasteiger partial charge < -0.3 is 5.32 Å². The molecule has 0 fully saturated rings. The molecule has 0 radical (unpaired) electrons. The summed E-state index contributed by atoms with van der Waals surface area (Å²) in [6.07, 6.45) is 1.03. The maximum atomic E-state index is 13.5. The summed E-state index contributed by atoms with van der Waals surface area (Å²) in [5.74, 6) is -0.741. The second-order valence-electron chi connectivity index (χ2n) is 7.40. The predicted octanol–water partition coefficient (Wildman–Crippen LogP) is 2.82. The lowest BCUT2D eigenvalue weighted by molar-refractivity contribution is -0.387. The Morgan fingerprint density at radius 2 is 1.51 bits per heavy atom. The minimum Gasteiger partial charge on any atom is -0.324 e. The number of carbonyl (C=O) groups excluding carboxylic acids is 1. The number of nitro benzene ring substituents is 1. The predicted molar refractivity (Wildman–Crippen MR) is 132 cm³/mol. The van der Waals surface area contributed by atoms with Gasteiger partial charge in [-0.05, 0) is 36.4 Å². The van der Waals surface area contributed by atoms with Gasteiger partial charge in [0.1, 0.15) is 6.54 Å². The van der Waals surface area contributed by atoms with Crippen molar-refractivity contribution in [3.8, 4) is 0 Å². The van der Waals surface area contributed by atoms with Crippen molar-refractivity contribution >= 4 is 48.7 Å². The second kappa shape index (κ2) is 10.1. The van der Waals surface area contributed by atoms with Gasteiger partial charge in [0.25, 0.3) is 15.7 Å². The van der Waals surface area contributed by atoms with Crippen LogP contribution in [0.4, 0.5) is 22.7 Å². The number of sulfonamides is 2. The molecule has 0 unspecified atom stereocenters. The number of rotatable bonds is 9. The average molecular weight is 519 g/mol. The number of nitrogens with zero attached hydrogens (tertiary/aromatic N) is 3. The number of nitro groups is 1. The van der Waals surface area contributed by atoms with Crippen LogP contribution in [-0.4, -0.2) is 47.5 Å². The highest BCUT2D eigenvalue weighted by molar-refractivity contribution is 7.93. The monoisotopic (exact) mass is 518 g/mol. The lowest BCUT2D eigenvalue weighted by Crippen LogP contribution is -2.38. The van der Waals surface area contributed by atoms with Gasteiger partial charge in [-0.3, -0.25) is 23.5 Å². The number of benzene rings is 3. The standard InChI is InChI=1S/C22H22N4O7S2/c1-24(34(2,30)31)19-12-8-9-17(15-19)23-22(27)16-25(18-10-4-3-5-11-18)35(32,33)21-14-7-6-13-20(21)26(28)29/h3-15H,16H2,1-2H3,(H,23,27). The van der Waals surface area contributed by atoms with Crippen LogP contribution in [0.25, 0.3) is 0 Å². The third-order valence-electron chi connectivity index (χ3n) is 4.95. The van der Waals surface area contributed by atoms with Gasteiger partial charge in [-0.25, -0.2) is 16.8 Å². The quantitative estimate of drug-likeness (QED) is 0.338. The van der Waals surface area contributed by atoms with Crippen molar-refractivity contribution in [3.63, 3.8) is 0 Å². The van der Waals surface area contributed by atoms with Crippen molar-refractivity contribution in [2.45, 2.75) is 4.90 Å². The molecule has 1 N–H and O–H groups in total. The highest BCUT2D eigenvalue weighted by Crippen LogP contribution is 2.30. The molecular formula is C22H22N4O7S2. The van der Waals surface area contributed by atoms with E-state index in [1.165, 1.54) is 55.6 Å². The fourth-order valence-electron chi connectivity index (χ4n) is 3.16. The van der Waals surface area contributed by atoms with Crippen LogP contribution < -0.4 is 13.9 Å². The van der Waals surface area contributed by atoms with E-state index in [0.29, 0.717) is 0 Å². The van der Waals surface area contributed by atoms with Crippen LogP contribution >= 0.6 is 0 Å². The van der Waals surface area contributed by atoms with Gasteiger partial charge in [0, 0.05) is 18.8 Å². The number of carbonyl (C=O) groups is 1. The summed E-state index contributed by atoms with van der Waals surface area (Å²) in [4.78, 5) is 23.0. The first-order valence-electron chi connectivity index (χ1n) is 10.1. The van der Waals surface area contributed by atoms with E-state index in [0.717, 1.165) is 27.0 Å². The molecule has 1 amide bonds. The molecule has 0 aliphatic heterocycles. The first-order valence-corrected chi connectivity index (χ1v) is 13.3. The minimum absolute atomic E-state index is 0.131. The summed E-state index contributed by atoms with van der Waals surface area (Å²) in [6.45, 7) is -0.690. The number of amides is 1. The molecule has 0 aliphatic carbocycles. The molecule has 3 aromatic rings. The molecule has 11 nitrogen and oxygen atoms in total. The fourth-order valence-corrected chi connectivity index (χ4v) is 5.23. The van der Waals surface area contributed by atoms with Crippen LogP contribution in [0, 0.1) is 10.1 Å². The third-order valence-corrected chi connectivity index (χ3v) is 7.98. The van der Waals surface area contributed by atoms with E-state index in [9.17, 15) is 31.7 Å². The van der Waals surface area contributed by atoms with E-state index in [-0.39, 0.29) is 17.1 Å². The SMILES string of the molecule is CN(c1cccc(NC(=O)CN(c2ccccc2)S(=O)(=O)c2ccccc2[N+](=O)[O-])c1)S(C)(=O)=O. The summed E-state index contributed by atoms with van der Waals surface area (Å²) >= 11 is 0. The average Bonchev–Trinajstić information content (AvgIpc) is 2.82. The Kier molecular flexibility index (Phi) is 7.41. The van der Waals surface area contributed by atoms with E-state index >= 15 is 0 Å². The van der Waals surface area contributed by atoms with E-state index in [2.05, 4.69) is 5.32 Å². The Balaban J connectivity index is 1.95. The van der Waals surface area contributed by atoms with Gasteiger partial charge in [0.2, 0.25) is 15.9 Å². The Bertz CT molecular complexity index is 1460.